The van der Waals surface area contributed by atoms with E-state index in [1.807, 2.05) is 12.1 Å². The third-order valence-electron chi connectivity index (χ3n) is 1.89. The van der Waals surface area contributed by atoms with Crippen molar-refractivity contribution in [1.29, 1.82) is 0 Å². The van der Waals surface area contributed by atoms with Gasteiger partial charge in [0.1, 0.15) is 0 Å². The molecule has 0 nitrogen and oxygen atoms in total. The van der Waals surface area contributed by atoms with Crippen LogP contribution in [0.2, 0.25) is 0 Å². The molecule has 80 valence electrons. The van der Waals surface area contributed by atoms with Gasteiger partial charge in [-0.3, -0.25) is 0 Å². The Morgan fingerprint density at radius 1 is 0.688 bits per heavy atom. The first kappa shape index (κ1) is 12.0. The van der Waals surface area contributed by atoms with Crippen molar-refractivity contribution in [3.63, 3.8) is 0 Å². The molecule has 0 amide bonds. The molecule has 0 saturated heterocycles. The fraction of sp³-hybridized carbons (Fsp3) is 0. The van der Waals surface area contributed by atoms with Crippen molar-refractivity contribution in [3.05, 3.63) is 60.7 Å². The van der Waals surface area contributed by atoms with Crippen LogP contribution in [0, 0.1) is 0 Å². The Labute approximate surface area is 114 Å². The second kappa shape index (κ2) is 6.34. The number of rotatable bonds is 4. The van der Waals surface area contributed by atoms with Gasteiger partial charge in [0.15, 0.2) is 0 Å². The monoisotopic (exact) mass is 358 g/mol. The van der Waals surface area contributed by atoms with E-state index in [1.165, 1.54) is 11.6 Å². The van der Waals surface area contributed by atoms with E-state index < -0.39 is 0 Å². The van der Waals surface area contributed by atoms with Crippen molar-refractivity contribution < 1.29 is 0 Å². The molecule has 0 radical (unpaired) electrons. The molecule has 2 aromatic rings. The van der Waals surface area contributed by atoms with Crippen LogP contribution in [0.15, 0.2) is 60.7 Å². The molecule has 0 fully saturated rings. The number of hydrogen-bond donors (Lipinski definition) is 0. The van der Waals surface area contributed by atoms with Crippen LogP contribution in [0.5, 0.6) is 0 Å². The first-order valence-corrected chi connectivity index (χ1v) is 8.68. The van der Waals surface area contributed by atoms with Crippen LogP contribution in [0.4, 0.5) is 0 Å². The zero-order valence-corrected chi connectivity index (χ0v) is 12.7. The second-order valence-electron chi connectivity index (χ2n) is 3.08. The second-order valence-corrected chi connectivity index (χ2v) is 10.5. The van der Waals surface area contributed by atoms with Crippen molar-refractivity contribution in [2.24, 2.45) is 0 Å². The first-order valence-electron chi connectivity index (χ1n) is 4.84. The number of benzene rings is 2. The SMILES string of the molecule is S=C([Se]c1ccccc1)[Se]c1ccccc1. The molecule has 2 aromatic carbocycles. The van der Waals surface area contributed by atoms with Crippen molar-refractivity contribution >= 4 is 53.7 Å². The van der Waals surface area contributed by atoms with E-state index in [2.05, 4.69) is 48.5 Å². The maximum absolute atomic E-state index is 5.47. The fourth-order valence-corrected chi connectivity index (χ4v) is 6.87. The van der Waals surface area contributed by atoms with Gasteiger partial charge >= 0.3 is 114 Å². The summed E-state index contributed by atoms with van der Waals surface area (Å²) in [5.41, 5.74) is 0. The quantitative estimate of drug-likeness (QED) is 0.589. The molecule has 0 aliphatic rings. The summed E-state index contributed by atoms with van der Waals surface area (Å²) in [6, 6.07) is 21.0. The molecule has 0 spiro atoms. The molecular weight excluding hydrogens is 346 g/mol. The van der Waals surface area contributed by atoms with Gasteiger partial charge in [-0.1, -0.05) is 0 Å². The average Bonchev–Trinajstić information content (AvgIpc) is 2.31. The Hall–Kier alpha value is -0.431. The fourth-order valence-electron chi connectivity index (χ4n) is 1.19. The number of hydrogen-bond acceptors (Lipinski definition) is 1. The third kappa shape index (κ3) is 3.86. The van der Waals surface area contributed by atoms with Gasteiger partial charge in [0.25, 0.3) is 0 Å². The van der Waals surface area contributed by atoms with Gasteiger partial charge in [0, 0.05) is 0 Å². The summed E-state index contributed by atoms with van der Waals surface area (Å²) in [6.45, 7) is 0. The first-order chi connectivity index (χ1) is 7.84. The van der Waals surface area contributed by atoms with Gasteiger partial charge in [0.2, 0.25) is 0 Å². The molecule has 3 heteroatoms. The Kier molecular flexibility index (Phi) is 4.77. The summed E-state index contributed by atoms with van der Waals surface area (Å²) in [5, 5.41) is 0. The normalized spacial score (nSPS) is 10.0. The van der Waals surface area contributed by atoms with Crippen LogP contribution < -0.4 is 8.92 Å². The van der Waals surface area contributed by atoms with E-state index in [4.69, 9.17) is 12.2 Å². The molecule has 0 N–H and O–H groups in total. The van der Waals surface area contributed by atoms with Gasteiger partial charge in [0.05, 0.1) is 0 Å². The molecule has 0 bridgehead atoms. The molecule has 0 unspecified atom stereocenters. The van der Waals surface area contributed by atoms with E-state index >= 15 is 0 Å². The van der Waals surface area contributed by atoms with Crippen molar-refractivity contribution in [2.45, 2.75) is 0 Å². The van der Waals surface area contributed by atoms with E-state index in [0.29, 0.717) is 29.9 Å². The molecule has 0 heterocycles. The molecule has 0 saturated carbocycles. The minimum atomic E-state index is 0.340. The van der Waals surface area contributed by atoms with E-state index in [9.17, 15) is 0 Å². The summed E-state index contributed by atoms with van der Waals surface area (Å²) in [6.07, 6.45) is 0. The van der Waals surface area contributed by atoms with Gasteiger partial charge in [-0.15, -0.1) is 0 Å². The van der Waals surface area contributed by atoms with Crippen LogP contribution >= 0.6 is 12.2 Å². The van der Waals surface area contributed by atoms with E-state index in [0.717, 1.165) is 0 Å². The van der Waals surface area contributed by atoms with Crippen LogP contribution in [-0.2, 0) is 0 Å². The maximum atomic E-state index is 5.47. The van der Waals surface area contributed by atoms with Crippen LogP contribution in [-0.4, -0.2) is 32.6 Å². The molecule has 0 aliphatic carbocycles. The van der Waals surface area contributed by atoms with Crippen LogP contribution in [0.3, 0.4) is 0 Å². The van der Waals surface area contributed by atoms with E-state index in [1.54, 1.807) is 0 Å². The van der Waals surface area contributed by atoms with Gasteiger partial charge in [-0.25, -0.2) is 0 Å². The average molecular weight is 356 g/mol. The van der Waals surface area contributed by atoms with Crippen molar-refractivity contribution in [3.8, 4) is 0 Å². The molecular formula is C13H10SSe2. The van der Waals surface area contributed by atoms with E-state index in [-0.39, 0.29) is 0 Å². The Morgan fingerprint density at radius 3 is 1.44 bits per heavy atom. The summed E-state index contributed by atoms with van der Waals surface area (Å²) in [4.78, 5) is 0. The Bertz CT molecular complexity index is 410. The van der Waals surface area contributed by atoms with Gasteiger partial charge < -0.3 is 0 Å². The third-order valence-corrected chi connectivity index (χ3v) is 7.40. The minimum absolute atomic E-state index is 0.340. The standard InChI is InChI=1S/C13H10SSe2/c14-13(15-11-7-3-1-4-8-11)16-12-9-5-2-6-10-12/h1-10H. The summed E-state index contributed by atoms with van der Waals surface area (Å²) in [7, 11) is 0. The van der Waals surface area contributed by atoms with Crippen LogP contribution in [0.25, 0.3) is 0 Å². The summed E-state index contributed by atoms with van der Waals surface area (Å²) >= 11 is 6.15. The summed E-state index contributed by atoms with van der Waals surface area (Å²) < 4.78 is 3.97. The molecule has 0 atom stereocenters. The molecule has 2 rings (SSSR count). The van der Waals surface area contributed by atoms with Gasteiger partial charge in [-0.05, 0) is 0 Å². The number of thiocarbonyl (C=S) groups is 1. The van der Waals surface area contributed by atoms with Crippen LogP contribution in [0.1, 0.15) is 0 Å². The zero-order valence-electron chi connectivity index (χ0n) is 8.50. The van der Waals surface area contributed by atoms with Gasteiger partial charge in [-0.2, -0.15) is 0 Å². The summed E-state index contributed by atoms with van der Waals surface area (Å²) in [5.74, 6) is 0. The van der Waals surface area contributed by atoms with Crippen molar-refractivity contribution in [2.75, 3.05) is 0 Å². The molecule has 0 aromatic heterocycles. The predicted octanol–water partition coefficient (Wildman–Crippen LogP) is 1.33. The predicted molar refractivity (Wildman–Crippen MR) is 76.3 cm³/mol. The topological polar surface area (TPSA) is 0 Å². The molecule has 0 aliphatic heterocycles. The Balaban J connectivity index is 1.95. The zero-order chi connectivity index (χ0) is 11.2. The Morgan fingerprint density at radius 2 is 1.06 bits per heavy atom. The molecule has 16 heavy (non-hydrogen) atoms. The van der Waals surface area contributed by atoms with Crippen molar-refractivity contribution in [1.82, 2.24) is 0 Å².